The summed E-state index contributed by atoms with van der Waals surface area (Å²) in [6.07, 6.45) is 0.833. The molecule has 0 amide bonds. The van der Waals surface area contributed by atoms with Crippen molar-refractivity contribution in [2.45, 2.75) is 18.1 Å². The standard InChI is InChI=1S/C14H18N2O4S/c1-19-7-3-6-16-12-8-10(20-2)4-5-11(12)15-14(16)21-9-13(17)18/h4-5,8H,3,6-7,9H2,1-2H3,(H,17,18). The molecule has 1 N–H and O–H groups in total. The van der Waals surface area contributed by atoms with E-state index < -0.39 is 5.97 Å². The van der Waals surface area contributed by atoms with E-state index in [0.29, 0.717) is 11.8 Å². The zero-order valence-corrected chi connectivity index (χ0v) is 12.9. The van der Waals surface area contributed by atoms with E-state index in [4.69, 9.17) is 14.6 Å². The smallest absolute Gasteiger partial charge is 0.313 e. The number of rotatable bonds is 8. The van der Waals surface area contributed by atoms with Crippen LogP contribution in [0.3, 0.4) is 0 Å². The number of aryl methyl sites for hydroxylation is 1. The number of hydrogen-bond donors (Lipinski definition) is 1. The number of thioether (sulfide) groups is 1. The summed E-state index contributed by atoms with van der Waals surface area (Å²) in [5, 5.41) is 9.54. The fourth-order valence-corrected chi connectivity index (χ4v) is 2.79. The van der Waals surface area contributed by atoms with E-state index in [9.17, 15) is 4.79 Å². The normalized spacial score (nSPS) is 11.0. The fraction of sp³-hybridized carbons (Fsp3) is 0.429. The van der Waals surface area contributed by atoms with Gasteiger partial charge >= 0.3 is 5.97 Å². The highest BCUT2D eigenvalue weighted by Crippen LogP contribution is 2.27. The van der Waals surface area contributed by atoms with Gasteiger partial charge in [-0.3, -0.25) is 4.79 Å². The lowest BCUT2D eigenvalue weighted by atomic mass is 10.3. The summed E-state index contributed by atoms with van der Waals surface area (Å²) in [7, 11) is 3.28. The number of nitrogens with zero attached hydrogens (tertiary/aromatic N) is 2. The lowest BCUT2D eigenvalue weighted by Crippen LogP contribution is -2.05. The summed E-state index contributed by atoms with van der Waals surface area (Å²) >= 11 is 1.22. The second kappa shape index (κ2) is 7.33. The predicted octanol–water partition coefficient (Wildman–Crippen LogP) is 2.26. The van der Waals surface area contributed by atoms with Gasteiger partial charge in [0.25, 0.3) is 0 Å². The van der Waals surface area contributed by atoms with E-state index in [1.807, 2.05) is 22.8 Å². The van der Waals surface area contributed by atoms with Crippen molar-refractivity contribution in [1.82, 2.24) is 9.55 Å². The van der Waals surface area contributed by atoms with Gasteiger partial charge in [-0.1, -0.05) is 11.8 Å². The minimum atomic E-state index is -0.854. The van der Waals surface area contributed by atoms with Gasteiger partial charge < -0.3 is 19.1 Å². The molecule has 0 aliphatic rings. The number of aromatic nitrogens is 2. The molecule has 0 atom stereocenters. The Balaban J connectivity index is 2.34. The molecule has 0 saturated carbocycles. The van der Waals surface area contributed by atoms with Crippen LogP contribution in [-0.4, -0.2) is 47.2 Å². The van der Waals surface area contributed by atoms with Gasteiger partial charge in [-0.25, -0.2) is 4.98 Å². The highest BCUT2D eigenvalue weighted by Gasteiger charge is 2.13. The third kappa shape index (κ3) is 3.89. The zero-order chi connectivity index (χ0) is 15.2. The average Bonchev–Trinajstić information content (AvgIpc) is 2.82. The summed E-state index contributed by atoms with van der Waals surface area (Å²) < 4.78 is 12.3. The van der Waals surface area contributed by atoms with Crippen LogP contribution in [0.15, 0.2) is 23.4 Å². The van der Waals surface area contributed by atoms with Crippen molar-refractivity contribution in [3.63, 3.8) is 0 Å². The molecule has 1 heterocycles. The van der Waals surface area contributed by atoms with Crippen molar-refractivity contribution in [3.05, 3.63) is 18.2 Å². The molecule has 6 nitrogen and oxygen atoms in total. The first-order chi connectivity index (χ1) is 10.2. The van der Waals surface area contributed by atoms with Gasteiger partial charge in [-0.2, -0.15) is 0 Å². The van der Waals surface area contributed by atoms with Gasteiger partial charge in [0, 0.05) is 26.3 Å². The molecule has 0 saturated heterocycles. The Hall–Kier alpha value is -1.73. The number of benzene rings is 1. The number of fused-ring (bicyclic) bond motifs is 1. The maximum atomic E-state index is 10.8. The van der Waals surface area contributed by atoms with Crippen LogP contribution in [0.4, 0.5) is 0 Å². The molecule has 0 aliphatic carbocycles. The van der Waals surface area contributed by atoms with Gasteiger partial charge in [-0.15, -0.1) is 0 Å². The second-order valence-corrected chi connectivity index (χ2v) is 5.37. The molecule has 7 heteroatoms. The molecule has 0 aliphatic heterocycles. The third-order valence-electron chi connectivity index (χ3n) is 2.98. The number of carboxylic acid groups (broad SMARTS) is 1. The van der Waals surface area contributed by atoms with E-state index in [1.54, 1.807) is 14.2 Å². The summed E-state index contributed by atoms with van der Waals surface area (Å²) in [4.78, 5) is 15.3. The first-order valence-electron chi connectivity index (χ1n) is 6.53. The molecule has 2 aromatic rings. The van der Waals surface area contributed by atoms with Crippen LogP contribution in [-0.2, 0) is 16.1 Å². The number of methoxy groups -OCH3 is 2. The SMILES string of the molecule is COCCCn1c(SCC(=O)O)nc2ccc(OC)cc21. The lowest BCUT2D eigenvalue weighted by molar-refractivity contribution is -0.133. The maximum absolute atomic E-state index is 10.8. The van der Waals surface area contributed by atoms with Crippen molar-refractivity contribution < 1.29 is 19.4 Å². The van der Waals surface area contributed by atoms with Crippen LogP contribution in [0.5, 0.6) is 5.75 Å². The molecule has 0 fully saturated rings. The van der Waals surface area contributed by atoms with Gasteiger partial charge in [0.15, 0.2) is 5.16 Å². The maximum Gasteiger partial charge on any atom is 0.313 e. The molecule has 0 unspecified atom stereocenters. The van der Waals surface area contributed by atoms with Crippen molar-refractivity contribution >= 4 is 28.8 Å². The topological polar surface area (TPSA) is 73.6 Å². The molecule has 1 aromatic heterocycles. The third-order valence-corrected chi connectivity index (χ3v) is 3.94. The Kier molecular flexibility index (Phi) is 5.46. The number of hydrogen-bond acceptors (Lipinski definition) is 5. The van der Waals surface area contributed by atoms with Gasteiger partial charge in [0.05, 0.1) is 23.9 Å². The van der Waals surface area contributed by atoms with Crippen LogP contribution in [0.2, 0.25) is 0 Å². The monoisotopic (exact) mass is 310 g/mol. The van der Waals surface area contributed by atoms with Gasteiger partial charge in [0.2, 0.25) is 0 Å². The summed E-state index contributed by atoms with van der Waals surface area (Å²) in [6, 6.07) is 5.65. The van der Waals surface area contributed by atoms with Crippen LogP contribution >= 0.6 is 11.8 Å². The quantitative estimate of drug-likeness (QED) is 0.595. The molecule has 2 rings (SSSR count). The molecule has 0 spiro atoms. The molecule has 1 aromatic carbocycles. The van der Waals surface area contributed by atoms with Gasteiger partial charge in [-0.05, 0) is 18.6 Å². The Morgan fingerprint density at radius 3 is 2.90 bits per heavy atom. The van der Waals surface area contributed by atoms with Crippen molar-refractivity contribution in [2.75, 3.05) is 26.6 Å². The van der Waals surface area contributed by atoms with Crippen molar-refractivity contribution in [2.24, 2.45) is 0 Å². The number of carbonyl (C=O) groups is 1. The largest absolute Gasteiger partial charge is 0.497 e. The highest BCUT2D eigenvalue weighted by molar-refractivity contribution is 7.99. The van der Waals surface area contributed by atoms with E-state index in [-0.39, 0.29) is 5.75 Å². The van der Waals surface area contributed by atoms with E-state index in [1.165, 1.54) is 11.8 Å². The second-order valence-electron chi connectivity index (χ2n) is 4.43. The lowest BCUT2D eigenvalue weighted by Gasteiger charge is -2.08. The Bertz CT molecular complexity index is 627. The van der Waals surface area contributed by atoms with E-state index >= 15 is 0 Å². The Morgan fingerprint density at radius 2 is 2.24 bits per heavy atom. The minimum Gasteiger partial charge on any atom is -0.497 e. The summed E-state index contributed by atoms with van der Waals surface area (Å²) in [5.41, 5.74) is 1.78. The first kappa shape index (κ1) is 15.7. The molecular formula is C14H18N2O4S. The average molecular weight is 310 g/mol. The number of ether oxygens (including phenoxy) is 2. The Morgan fingerprint density at radius 1 is 1.43 bits per heavy atom. The zero-order valence-electron chi connectivity index (χ0n) is 12.0. The summed E-state index contributed by atoms with van der Waals surface area (Å²) in [5.74, 6) is -0.108. The van der Waals surface area contributed by atoms with Crippen LogP contribution in [0.25, 0.3) is 11.0 Å². The molecule has 21 heavy (non-hydrogen) atoms. The van der Waals surface area contributed by atoms with E-state index in [0.717, 1.165) is 29.7 Å². The van der Waals surface area contributed by atoms with Crippen molar-refractivity contribution in [3.8, 4) is 5.75 Å². The first-order valence-corrected chi connectivity index (χ1v) is 7.52. The fourth-order valence-electron chi connectivity index (χ4n) is 2.03. The van der Waals surface area contributed by atoms with Crippen LogP contribution in [0.1, 0.15) is 6.42 Å². The van der Waals surface area contributed by atoms with Crippen LogP contribution in [0, 0.1) is 0 Å². The predicted molar refractivity (Wildman–Crippen MR) is 81.1 cm³/mol. The van der Waals surface area contributed by atoms with Gasteiger partial charge in [0.1, 0.15) is 5.75 Å². The minimum absolute atomic E-state index is 0.00919. The highest BCUT2D eigenvalue weighted by atomic mass is 32.2. The van der Waals surface area contributed by atoms with Crippen LogP contribution < -0.4 is 4.74 Å². The van der Waals surface area contributed by atoms with E-state index in [2.05, 4.69) is 4.98 Å². The Labute approximate surface area is 127 Å². The summed E-state index contributed by atoms with van der Waals surface area (Å²) in [6.45, 7) is 1.37. The molecular weight excluding hydrogens is 292 g/mol. The number of imidazole rings is 1. The molecule has 0 bridgehead atoms. The molecule has 114 valence electrons. The number of aliphatic carboxylic acids is 1. The molecule has 0 radical (unpaired) electrons. The number of carboxylic acids is 1. The van der Waals surface area contributed by atoms with Crippen molar-refractivity contribution in [1.29, 1.82) is 0 Å².